The first kappa shape index (κ1) is 19.1. The fourth-order valence-corrected chi connectivity index (χ4v) is 4.15. The van der Waals surface area contributed by atoms with Crippen molar-refractivity contribution in [1.82, 2.24) is 9.88 Å². The van der Waals surface area contributed by atoms with Crippen LogP contribution in [0, 0.1) is 5.92 Å². The van der Waals surface area contributed by atoms with E-state index in [2.05, 4.69) is 4.98 Å². The molecule has 2 aliphatic rings. The van der Waals surface area contributed by atoms with Crippen LogP contribution in [0.5, 0.6) is 0 Å². The van der Waals surface area contributed by atoms with Gasteiger partial charge in [-0.3, -0.25) is 9.78 Å². The van der Waals surface area contributed by atoms with Crippen LogP contribution in [-0.4, -0.2) is 38.5 Å². The molecule has 1 saturated heterocycles. The van der Waals surface area contributed by atoms with E-state index in [1.807, 2.05) is 0 Å². The van der Waals surface area contributed by atoms with Gasteiger partial charge in [-0.2, -0.15) is 0 Å². The largest absolute Gasteiger partial charge is 1.00 e. The summed E-state index contributed by atoms with van der Waals surface area (Å²) in [5.74, 6) is -2.30. The number of rotatable bonds is 4. The van der Waals surface area contributed by atoms with E-state index in [1.54, 1.807) is 38.4 Å². The van der Waals surface area contributed by atoms with Gasteiger partial charge in [0.2, 0.25) is 5.91 Å². The number of carbonyl (C=O) groups is 2. The Labute approximate surface area is 180 Å². The average Bonchev–Trinajstić information content (AvgIpc) is 2.72. The zero-order valence-electron chi connectivity index (χ0n) is 13.1. The van der Waals surface area contributed by atoms with Crippen molar-refractivity contribution in [2.45, 2.75) is 36.8 Å². The number of aromatic nitrogens is 1. The van der Waals surface area contributed by atoms with Gasteiger partial charge in [-0.15, -0.1) is 0 Å². The van der Waals surface area contributed by atoms with Gasteiger partial charge in [0.1, 0.15) is 0 Å². The fourth-order valence-electron chi connectivity index (χ4n) is 3.07. The molecule has 6 nitrogen and oxygen atoms in total. The van der Waals surface area contributed by atoms with Crippen molar-refractivity contribution in [3.05, 3.63) is 35.1 Å². The van der Waals surface area contributed by atoms with E-state index in [4.69, 9.17) is 0 Å². The Bertz CT molecular complexity index is 672. The molecule has 0 aliphatic carbocycles. The molecular formula is C15H15KN2O4S. The molecule has 2 aliphatic heterocycles. The molecule has 23 heavy (non-hydrogen) atoms. The molecule has 1 aromatic rings. The average molecular weight is 358 g/mol. The first-order valence-corrected chi connectivity index (χ1v) is 7.70. The number of amides is 1. The van der Waals surface area contributed by atoms with Crippen LogP contribution in [0.2, 0.25) is 0 Å². The molecule has 116 valence electrons. The predicted octanol–water partition coefficient (Wildman–Crippen LogP) is -2.86. The minimum absolute atomic E-state index is 0. The van der Waals surface area contributed by atoms with Crippen LogP contribution in [0.15, 0.2) is 40.0 Å². The number of β-lactam (4-membered cyclic amide) rings is 1. The molecule has 0 radical (unpaired) electrons. The van der Waals surface area contributed by atoms with Crippen molar-refractivity contribution in [3.8, 4) is 0 Å². The zero-order chi connectivity index (χ0) is 16.1. The van der Waals surface area contributed by atoms with E-state index in [0.717, 1.165) is 4.90 Å². The normalized spacial score (nSPS) is 23.3. The molecular weight excluding hydrogens is 343 g/mol. The van der Waals surface area contributed by atoms with Crippen LogP contribution >= 0.6 is 11.8 Å². The molecule has 1 N–H and O–H groups in total. The van der Waals surface area contributed by atoms with Crippen LogP contribution in [-0.2, 0) is 9.59 Å². The van der Waals surface area contributed by atoms with Crippen LogP contribution in [0.3, 0.4) is 0 Å². The first-order valence-electron chi connectivity index (χ1n) is 6.88. The van der Waals surface area contributed by atoms with Gasteiger partial charge in [0.15, 0.2) is 0 Å². The van der Waals surface area contributed by atoms with E-state index in [-0.39, 0.29) is 69.0 Å². The Balaban J connectivity index is 0.00000192. The number of nitrogens with zero attached hydrogens (tertiary/aromatic N) is 2. The number of hydrogen-bond donors (Lipinski definition) is 1. The van der Waals surface area contributed by atoms with Gasteiger partial charge in [-0.05, 0) is 26.0 Å². The molecule has 8 heteroatoms. The van der Waals surface area contributed by atoms with Crippen LogP contribution in [0.1, 0.15) is 20.3 Å². The SMILES string of the molecule is CC(C)(O)[C@@H]1C(=O)N2C(C(=O)[O-])=C(Sc3ccncc3)C[C@H]12.[K+]. The maximum absolute atomic E-state index is 12.2. The summed E-state index contributed by atoms with van der Waals surface area (Å²) >= 11 is 1.29. The van der Waals surface area contributed by atoms with Crippen LogP contribution < -0.4 is 56.5 Å². The van der Waals surface area contributed by atoms with E-state index in [9.17, 15) is 19.8 Å². The molecule has 0 spiro atoms. The molecule has 3 heterocycles. The molecule has 1 amide bonds. The summed E-state index contributed by atoms with van der Waals surface area (Å²) in [5.41, 5.74) is -1.25. The van der Waals surface area contributed by atoms with Crippen molar-refractivity contribution in [1.29, 1.82) is 0 Å². The van der Waals surface area contributed by atoms with Gasteiger partial charge < -0.3 is 19.9 Å². The Morgan fingerprint density at radius 2 is 2.04 bits per heavy atom. The topological polar surface area (TPSA) is 93.6 Å². The van der Waals surface area contributed by atoms with Crippen molar-refractivity contribution >= 4 is 23.6 Å². The van der Waals surface area contributed by atoms with Gasteiger partial charge in [0, 0.05) is 28.6 Å². The molecule has 2 atom stereocenters. The zero-order valence-corrected chi connectivity index (χ0v) is 17.1. The number of carbonyl (C=O) groups excluding carboxylic acids is 2. The fraction of sp³-hybridized carbons (Fsp3) is 0.400. The van der Waals surface area contributed by atoms with Gasteiger partial charge in [0.25, 0.3) is 0 Å². The summed E-state index contributed by atoms with van der Waals surface area (Å²) in [5, 5.41) is 21.6. The third-order valence-corrected chi connectivity index (χ3v) is 5.08. The molecule has 0 aromatic carbocycles. The number of pyridine rings is 1. The molecule has 0 bridgehead atoms. The van der Waals surface area contributed by atoms with E-state index >= 15 is 0 Å². The van der Waals surface area contributed by atoms with Crippen molar-refractivity contribution in [2.75, 3.05) is 0 Å². The summed E-state index contributed by atoms with van der Waals surface area (Å²) in [7, 11) is 0. The van der Waals surface area contributed by atoms with E-state index < -0.39 is 17.5 Å². The number of carboxylic acids is 1. The smallest absolute Gasteiger partial charge is 0.543 e. The number of hydrogen-bond acceptors (Lipinski definition) is 6. The quantitative estimate of drug-likeness (QED) is 0.460. The third kappa shape index (κ3) is 3.44. The second-order valence-electron chi connectivity index (χ2n) is 5.96. The molecule has 1 fully saturated rings. The molecule has 1 aromatic heterocycles. The number of carboxylic acid groups (broad SMARTS) is 1. The van der Waals surface area contributed by atoms with Gasteiger partial charge >= 0.3 is 51.4 Å². The van der Waals surface area contributed by atoms with E-state index in [1.165, 1.54) is 16.7 Å². The monoisotopic (exact) mass is 358 g/mol. The Kier molecular flexibility index (Phi) is 5.77. The van der Waals surface area contributed by atoms with Crippen molar-refractivity contribution in [3.63, 3.8) is 0 Å². The maximum atomic E-state index is 12.2. The second-order valence-corrected chi connectivity index (χ2v) is 7.12. The van der Waals surface area contributed by atoms with Crippen molar-refractivity contribution in [2.24, 2.45) is 5.92 Å². The van der Waals surface area contributed by atoms with Gasteiger partial charge in [0.05, 0.1) is 29.2 Å². The van der Waals surface area contributed by atoms with Crippen LogP contribution in [0.4, 0.5) is 0 Å². The summed E-state index contributed by atoms with van der Waals surface area (Å²) < 4.78 is 0. The summed E-state index contributed by atoms with van der Waals surface area (Å²) in [6.45, 7) is 3.14. The van der Waals surface area contributed by atoms with Crippen molar-refractivity contribution < 1.29 is 71.2 Å². The number of aliphatic carboxylic acids is 1. The number of aliphatic hydroxyl groups is 1. The number of fused-ring (bicyclic) bond motifs is 1. The summed E-state index contributed by atoms with van der Waals surface area (Å²) in [6, 6.07) is 3.23. The summed E-state index contributed by atoms with van der Waals surface area (Å²) in [4.78, 5) is 30.3. The Hall–Kier alpha value is -0.224. The Morgan fingerprint density at radius 3 is 2.57 bits per heavy atom. The number of thioether (sulfide) groups is 1. The maximum Gasteiger partial charge on any atom is 1.00 e. The minimum Gasteiger partial charge on any atom is -0.543 e. The molecule has 0 unspecified atom stereocenters. The molecule has 0 saturated carbocycles. The van der Waals surface area contributed by atoms with Gasteiger partial charge in [-0.25, -0.2) is 0 Å². The van der Waals surface area contributed by atoms with Gasteiger partial charge in [-0.1, -0.05) is 11.8 Å². The van der Waals surface area contributed by atoms with Crippen LogP contribution in [0.25, 0.3) is 0 Å². The van der Waals surface area contributed by atoms with E-state index in [0.29, 0.717) is 11.3 Å². The Morgan fingerprint density at radius 1 is 1.43 bits per heavy atom. The third-order valence-electron chi connectivity index (χ3n) is 3.96. The second kappa shape index (κ2) is 6.95. The first-order chi connectivity index (χ1) is 10.3. The summed E-state index contributed by atoms with van der Waals surface area (Å²) in [6.07, 6.45) is 3.66. The standard InChI is InChI=1S/C15H16N2O4S.K/c1-15(2,21)11-9-7-10(22-8-3-5-16-6-4-8)12(14(19)20)17(9)13(11)18;/h3-6,9,11,21H,7H2,1-2H3,(H,19,20);/q;+1/p-1/t9-,11+;/m1./s1. The molecule has 3 rings (SSSR count). The predicted molar refractivity (Wildman–Crippen MR) is 77.2 cm³/mol. The minimum atomic E-state index is -1.36.